The van der Waals surface area contributed by atoms with E-state index >= 15 is 0 Å². The second-order valence-corrected chi connectivity index (χ2v) is 8.05. The molecule has 0 spiro atoms. The molecule has 12 nitrogen and oxygen atoms in total. The summed E-state index contributed by atoms with van der Waals surface area (Å²) in [7, 11) is 0. The molecule has 0 fully saturated rings. The number of pyridine rings is 2. The lowest BCUT2D eigenvalue weighted by Gasteiger charge is -2.20. The summed E-state index contributed by atoms with van der Waals surface area (Å²) >= 11 is 0. The van der Waals surface area contributed by atoms with Crippen LogP contribution in [-0.2, 0) is 40.6 Å². The summed E-state index contributed by atoms with van der Waals surface area (Å²) in [6, 6.07) is 9.52. The summed E-state index contributed by atoms with van der Waals surface area (Å²) in [6.07, 6.45) is 5.15. The highest BCUT2D eigenvalue weighted by Crippen LogP contribution is 2.10. The Labute approximate surface area is 202 Å². The molecular weight excluding hydrogens is 452 g/mol. The average molecular weight is 481 g/mol. The molecule has 3 aromatic heterocycles. The van der Waals surface area contributed by atoms with Crippen molar-refractivity contribution in [3.05, 3.63) is 72.1 Å². The van der Waals surface area contributed by atoms with Crippen LogP contribution < -0.4 is 10.6 Å². The Balaban J connectivity index is 1.58. The number of carboxylic acid groups (broad SMARTS) is 1. The molecule has 0 bridgehead atoms. The van der Waals surface area contributed by atoms with E-state index in [4.69, 9.17) is 5.11 Å². The first kappa shape index (κ1) is 25.4. The monoisotopic (exact) mass is 480 g/mol. The standard InChI is InChI=1S/C23H28N8O4/c1-16(22(33)27-17(2)23(34)35)26-21(32)15-31-14-20(28-29-31)13-30(11-18-7-3-5-9-24-18)12-19-8-4-6-10-25-19/h3-10,14,16-17H,11-13,15H2,1-2H3,(H,26,32)(H,27,33)(H,34,35)/t16-,17-/m1/s1. The zero-order valence-corrected chi connectivity index (χ0v) is 19.5. The van der Waals surface area contributed by atoms with Crippen LogP contribution in [0.25, 0.3) is 0 Å². The molecule has 0 aromatic carbocycles. The number of carboxylic acids is 1. The number of hydrogen-bond acceptors (Lipinski definition) is 8. The molecule has 2 amide bonds. The highest BCUT2D eigenvalue weighted by Gasteiger charge is 2.21. The topological polar surface area (TPSA) is 155 Å². The third-order valence-electron chi connectivity index (χ3n) is 5.00. The van der Waals surface area contributed by atoms with E-state index in [1.165, 1.54) is 18.5 Å². The molecule has 0 aliphatic carbocycles. The molecular formula is C23H28N8O4. The largest absolute Gasteiger partial charge is 0.480 e. The van der Waals surface area contributed by atoms with Gasteiger partial charge in [-0.1, -0.05) is 17.3 Å². The Morgan fingerprint density at radius 3 is 2.06 bits per heavy atom. The Bertz CT molecular complexity index is 1080. The van der Waals surface area contributed by atoms with E-state index in [2.05, 4.69) is 35.8 Å². The van der Waals surface area contributed by atoms with Crippen LogP contribution in [0.4, 0.5) is 0 Å². The number of aromatic nitrogens is 5. The minimum absolute atomic E-state index is 0.139. The second kappa shape index (κ2) is 12.3. The number of amides is 2. The molecule has 2 atom stereocenters. The molecule has 0 unspecified atom stereocenters. The maximum atomic E-state index is 12.3. The highest BCUT2D eigenvalue weighted by molar-refractivity contribution is 5.89. The Morgan fingerprint density at radius 2 is 1.51 bits per heavy atom. The van der Waals surface area contributed by atoms with Gasteiger partial charge in [0.2, 0.25) is 11.8 Å². The van der Waals surface area contributed by atoms with Gasteiger partial charge >= 0.3 is 5.97 Å². The normalized spacial score (nSPS) is 12.7. The minimum Gasteiger partial charge on any atom is -0.480 e. The molecule has 3 aromatic rings. The zero-order chi connectivity index (χ0) is 25.2. The van der Waals surface area contributed by atoms with Crippen molar-refractivity contribution in [1.29, 1.82) is 0 Å². The predicted octanol–water partition coefficient (Wildman–Crippen LogP) is 0.365. The van der Waals surface area contributed by atoms with Crippen LogP contribution in [-0.4, -0.2) is 64.8 Å². The molecule has 3 heterocycles. The van der Waals surface area contributed by atoms with E-state index < -0.39 is 29.9 Å². The fraction of sp³-hybridized carbons (Fsp3) is 0.348. The Kier molecular flexibility index (Phi) is 8.95. The molecule has 0 aliphatic rings. The van der Waals surface area contributed by atoms with Gasteiger partial charge in [-0.3, -0.25) is 29.3 Å². The summed E-state index contributed by atoms with van der Waals surface area (Å²) in [4.78, 5) is 46.2. The maximum Gasteiger partial charge on any atom is 0.325 e. The van der Waals surface area contributed by atoms with Crippen molar-refractivity contribution < 1.29 is 19.5 Å². The smallest absolute Gasteiger partial charge is 0.325 e. The fourth-order valence-corrected chi connectivity index (χ4v) is 3.23. The molecule has 0 saturated heterocycles. The van der Waals surface area contributed by atoms with Gasteiger partial charge in [-0.15, -0.1) is 5.10 Å². The molecule has 3 N–H and O–H groups in total. The summed E-state index contributed by atoms with van der Waals surface area (Å²) in [6.45, 7) is 4.29. The summed E-state index contributed by atoms with van der Waals surface area (Å²) in [5.74, 6) is -2.20. The number of hydrogen-bond donors (Lipinski definition) is 3. The molecule has 184 valence electrons. The van der Waals surface area contributed by atoms with Gasteiger partial charge in [0.1, 0.15) is 18.6 Å². The van der Waals surface area contributed by atoms with Gasteiger partial charge in [0.15, 0.2) is 0 Å². The van der Waals surface area contributed by atoms with Crippen LogP contribution in [0.15, 0.2) is 55.0 Å². The van der Waals surface area contributed by atoms with Gasteiger partial charge < -0.3 is 15.7 Å². The van der Waals surface area contributed by atoms with Gasteiger partial charge in [0, 0.05) is 32.0 Å². The lowest BCUT2D eigenvalue weighted by molar-refractivity contribution is -0.141. The number of nitrogens with zero attached hydrogens (tertiary/aromatic N) is 6. The van der Waals surface area contributed by atoms with Gasteiger partial charge in [-0.25, -0.2) is 4.68 Å². The number of rotatable bonds is 12. The maximum absolute atomic E-state index is 12.3. The van der Waals surface area contributed by atoms with Gasteiger partial charge in [-0.2, -0.15) is 0 Å². The first-order chi connectivity index (χ1) is 16.8. The van der Waals surface area contributed by atoms with Crippen LogP contribution in [0, 0.1) is 0 Å². The van der Waals surface area contributed by atoms with E-state index in [0.717, 1.165) is 11.4 Å². The highest BCUT2D eigenvalue weighted by atomic mass is 16.4. The van der Waals surface area contributed by atoms with Gasteiger partial charge in [0.05, 0.1) is 23.3 Å². The molecule has 0 saturated carbocycles. The first-order valence-corrected chi connectivity index (χ1v) is 11.0. The number of carbonyl (C=O) groups excluding carboxylic acids is 2. The molecule has 12 heteroatoms. The Hall–Kier alpha value is -4.19. The van der Waals surface area contributed by atoms with Gasteiger partial charge in [-0.05, 0) is 38.1 Å². The second-order valence-electron chi connectivity index (χ2n) is 8.05. The van der Waals surface area contributed by atoms with Crippen molar-refractivity contribution in [3.8, 4) is 0 Å². The lowest BCUT2D eigenvalue weighted by atomic mass is 10.2. The first-order valence-electron chi connectivity index (χ1n) is 11.0. The third-order valence-corrected chi connectivity index (χ3v) is 5.00. The Morgan fingerprint density at radius 1 is 0.914 bits per heavy atom. The quantitative estimate of drug-likeness (QED) is 0.333. The fourth-order valence-electron chi connectivity index (χ4n) is 3.23. The van der Waals surface area contributed by atoms with E-state index in [0.29, 0.717) is 25.3 Å². The van der Waals surface area contributed by atoms with Crippen molar-refractivity contribution >= 4 is 17.8 Å². The van der Waals surface area contributed by atoms with Crippen molar-refractivity contribution in [2.24, 2.45) is 0 Å². The van der Waals surface area contributed by atoms with Crippen LogP contribution in [0.2, 0.25) is 0 Å². The zero-order valence-electron chi connectivity index (χ0n) is 19.5. The van der Waals surface area contributed by atoms with Crippen molar-refractivity contribution in [3.63, 3.8) is 0 Å². The van der Waals surface area contributed by atoms with Crippen LogP contribution >= 0.6 is 0 Å². The van der Waals surface area contributed by atoms with Gasteiger partial charge in [0.25, 0.3) is 0 Å². The van der Waals surface area contributed by atoms with Crippen molar-refractivity contribution in [2.45, 2.75) is 52.1 Å². The summed E-state index contributed by atoms with van der Waals surface area (Å²) in [5, 5.41) is 21.9. The summed E-state index contributed by atoms with van der Waals surface area (Å²) < 4.78 is 1.38. The van der Waals surface area contributed by atoms with E-state index in [1.54, 1.807) is 18.6 Å². The van der Waals surface area contributed by atoms with Crippen LogP contribution in [0.1, 0.15) is 30.9 Å². The third kappa shape index (κ3) is 8.27. The number of carbonyl (C=O) groups is 3. The minimum atomic E-state index is -1.16. The van der Waals surface area contributed by atoms with E-state index in [9.17, 15) is 14.4 Å². The molecule has 3 rings (SSSR count). The van der Waals surface area contributed by atoms with E-state index in [1.807, 2.05) is 36.4 Å². The van der Waals surface area contributed by atoms with Crippen molar-refractivity contribution in [1.82, 2.24) is 40.5 Å². The average Bonchev–Trinajstić information content (AvgIpc) is 3.26. The summed E-state index contributed by atoms with van der Waals surface area (Å²) in [5.41, 5.74) is 2.46. The molecule has 0 aliphatic heterocycles. The lowest BCUT2D eigenvalue weighted by Crippen LogP contribution is -2.49. The molecule has 0 radical (unpaired) electrons. The predicted molar refractivity (Wildman–Crippen MR) is 124 cm³/mol. The number of aliphatic carboxylic acids is 1. The van der Waals surface area contributed by atoms with E-state index in [-0.39, 0.29) is 6.54 Å². The van der Waals surface area contributed by atoms with Crippen LogP contribution in [0.3, 0.4) is 0 Å². The van der Waals surface area contributed by atoms with Crippen LogP contribution in [0.5, 0.6) is 0 Å². The molecule has 35 heavy (non-hydrogen) atoms. The number of nitrogens with one attached hydrogen (secondary N) is 2. The SMILES string of the molecule is C[C@@H](NC(=O)[C@@H](C)NC(=O)Cn1cc(CN(Cc2ccccn2)Cc2ccccn2)nn1)C(=O)O. The van der Waals surface area contributed by atoms with Crippen molar-refractivity contribution in [2.75, 3.05) is 0 Å².